The Kier molecular flexibility index (Phi) is 10.0. The average Bonchev–Trinajstić information content (AvgIpc) is 2.47. The molecule has 0 bridgehead atoms. The number of carbonyl (C=O) groups excluding carboxylic acids is 1. The molecule has 0 aromatic heterocycles. The SMILES string of the molecule is CCNCC(=O)N1CCS(=O)(=O)CC1.Cl.c1ccccc1. The van der Waals surface area contributed by atoms with Gasteiger partial charge in [0.05, 0.1) is 18.1 Å². The highest BCUT2D eigenvalue weighted by Crippen LogP contribution is 2.03. The first-order chi connectivity index (χ1) is 9.55. The molecule has 0 spiro atoms. The Morgan fingerprint density at radius 1 is 1.05 bits per heavy atom. The van der Waals surface area contributed by atoms with Gasteiger partial charge in [-0.2, -0.15) is 0 Å². The maximum Gasteiger partial charge on any atom is 0.236 e. The van der Waals surface area contributed by atoms with Crippen LogP contribution < -0.4 is 5.32 Å². The summed E-state index contributed by atoms with van der Waals surface area (Å²) in [6.07, 6.45) is 0. The first-order valence-electron chi connectivity index (χ1n) is 6.74. The molecular weight excluding hydrogens is 312 g/mol. The number of rotatable bonds is 3. The van der Waals surface area contributed by atoms with Crippen molar-refractivity contribution in [2.24, 2.45) is 0 Å². The fourth-order valence-electron chi connectivity index (χ4n) is 1.69. The molecule has 1 aromatic rings. The zero-order valence-electron chi connectivity index (χ0n) is 12.2. The van der Waals surface area contributed by atoms with E-state index in [1.54, 1.807) is 4.90 Å². The predicted molar refractivity (Wildman–Crippen MR) is 87.5 cm³/mol. The third kappa shape index (κ3) is 8.70. The molecule has 0 saturated carbocycles. The van der Waals surface area contributed by atoms with Crippen LogP contribution in [-0.4, -0.2) is 56.9 Å². The quantitative estimate of drug-likeness (QED) is 0.894. The lowest BCUT2D eigenvalue weighted by Gasteiger charge is -2.26. The summed E-state index contributed by atoms with van der Waals surface area (Å²) in [6, 6.07) is 12.0. The van der Waals surface area contributed by atoms with E-state index in [1.807, 2.05) is 43.3 Å². The molecule has 5 nitrogen and oxygen atoms in total. The number of hydrogen-bond acceptors (Lipinski definition) is 4. The minimum absolute atomic E-state index is 0. The van der Waals surface area contributed by atoms with Crippen molar-refractivity contribution in [1.29, 1.82) is 0 Å². The van der Waals surface area contributed by atoms with E-state index in [0.717, 1.165) is 6.54 Å². The number of nitrogens with one attached hydrogen (secondary N) is 1. The van der Waals surface area contributed by atoms with E-state index in [2.05, 4.69) is 5.32 Å². The normalized spacial score (nSPS) is 16.1. The van der Waals surface area contributed by atoms with Crippen LogP contribution in [0.2, 0.25) is 0 Å². The molecule has 0 unspecified atom stereocenters. The highest BCUT2D eigenvalue weighted by Gasteiger charge is 2.24. The van der Waals surface area contributed by atoms with E-state index in [-0.39, 0.29) is 29.8 Å². The summed E-state index contributed by atoms with van der Waals surface area (Å²) in [5, 5.41) is 2.93. The van der Waals surface area contributed by atoms with Crippen LogP contribution in [0.15, 0.2) is 36.4 Å². The van der Waals surface area contributed by atoms with Crippen molar-refractivity contribution in [3.8, 4) is 0 Å². The Labute approximate surface area is 133 Å². The van der Waals surface area contributed by atoms with Crippen molar-refractivity contribution in [1.82, 2.24) is 10.2 Å². The van der Waals surface area contributed by atoms with Crippen LogP contribution in [0.1, 0.15) is 6.92 Å². The molecule has 2 rings (SSSR count). The number of amides is 1. The van der Waals surface area contributed by atoms with Crippen LogP contribution in [-0.2, 0) is 14.6 Å². The average molecular weight is 335 g/mol. The number of halogens is 1. The van der Waals surface area contributed by atoms with Crippen LogP contribution in [0.5, 0.6) is 0 Å². The van der Waals surface area contributed by atoms with Gasteiger partial charge in [-0.3, -0.25) is 4.79 Å². The number of sulfone groups is 1. The van der Waals surface area contributed by atoms with Gasteiger partial charge >= 0.3 is 0 Å². The van der Waals surface area contributed by atoms with E-state index >= 15 is 0 Å². The van der Waals surface area contributed by atoms with E-state index in [4.69, 9.17) is 0 Å². The highest BCUT2D eigenvalue weighted by atomic mass is 35.5. The Balaban J connectivity index is 0.000000480. The predicted octanol–water partition coefficient (Wildman–Crippen LogP) is 0.961. The lowest BCUT2D eigenvalue weighted by molar-refractivity contribution is -0.129. The molecule has 21 heavy (non-hydrogen) atoms. The van der Waals surface area contributed by atoms with Gasteiger partial charge in [-0.25, -0.2) is 8.42 Å². The molecule has 0 atom stereocenters. The van der Waals surface area contributed by atoms with E-state index in [1.165, 1.54) is 0 Å². The number of carbonyl (C=O) groups is 1. The molecule has 1 aliphatic rings. The van der Waals surface area contributed by atoms with E-state index in [9.17, 15) is 13.2 Å². The molecule has 1 saturated heterocycles. The van der Waals surface area contributed by atoms with Crippen molar-refractivity contribution in [2.75, 3.05) is 37.7 Å². The van der Waals surface area contributed by atoms with Gasteiger partial charge in [-0.1, -0.05) is 43.3 Å². The Morgan fingerprint density at radius 2 is 1.48 bits per heavy atom. The molecule has 0 aliphatic carbocycles. The summed E-state index contributed by atoms with van der Waals surface area (Å²) in [4.78, 5) is 13.0. The maximum absolute atomic E-state index is 11.4. The number of benzene rings is 1. The number of likely N-dealkylation sites (N-methyl/N-ethyl adjacent to an activating group) is 1. The van der Waals surface area contributed by atoms with Crippen molar-refractivity contribution in [3.63, 3.8) is 0 Å². The second-order valence-electron chi connectivity index (χ2n) is 4.47. The van der Waals surface area contributed by atoms with Gasteiger partial charge in [-0.15, -0.1) is 12.4 Å². The molecule has 0 radical (unpaired) electrons. The fraction of sp³-hybridized carbons (Fsp3) is 0.500. The third-order valence-corrected chi connectivity index (χ3v) is 4.50. The van der Waals surface area contributed by atoms with E-state index < -0.39 is 9.84 Å². The van der Waals surface area contributed by atoms with Crippen molar-refractivity contribution < 1.29 is 13.2 Å². The standard InChI is InChI=1S/C8H16N2O3S.C6H6.ClH/c1-2-9-7-8(11)10-3-5-14(12,13)6-4-10;1-2-4-6-5-3-1;/h9H,2-7H2,1H3;1-6H;1H. The second kappa shape index (κ2) is 10.6. The molecule has 1 amide bonds. The second-order valence-corrected chi connectivity index (χ2v) is 6.77. The Hall–Kier alpha value is -1.11. The lowest BCUT2D eigenvalue weighted by Crippen LogP contribution is -2.46. The zero-order valence-corrected chi connectivity index (χ0v) is 13.8. The zero-order chi connectivity index (χ0) is 14.8. The fourth-order valence-corrected chi connectivity index (χ4v) is 2.89. The minimum Gasteiger partial charge on any atom is -0.340 e. The van der Waals surface area contributed by atoms with Gasteiger partial charge < -0.3 is 10.2 Å². The summed E-state index contributed by atoms with van der Waals surface area (Å²) in [5.74, 6) is 0.192. The topological polar surface area (TPSA) is 66.5 Å². The summed E-state index contributed by atoms with van der Waals surface area (Å²) in [7, 11) is -2.88. The largest absolute Gasteiger partial charge is 0.340 e. The Bertz CT molecular complexity index is 453. The van der Waals surface area contributed by atoms with Crippen molar-refractivity contribution in [2.45, 2.75) is 6.92 Å². The van der Waals surface area contributed by atoms with Gasteiger partial charge in [0.25, 0.3) is 0 Å². The molecule has 7 heteroatoms. The summed E-state index contributed by atoms with van der Waals surface area (Å²) < 4.78 is 22.2. The Morgan fingerprint density at radius 3 is 1.86 bits per heavy atom. The van der Waals surface area contributed by atoms with E-state index in [0.29, 0.717) is 19.6 Å². The third-order valence-electron chi connectivity index (χ3n) is 2.89. The molecule has 1 aliphatic heterocycles. The van der Waals surface area contributed by atoms with Gasteiger partial charge in [0.2, 0.25) is 5.91 Å². The molecule has 1 fully saturated rings. The lowest BCUT2D eigenvalue weighted by atomic mass is 10.4. The summed E-state index contributed by atoms with van der Waals surface area (Å²) >= 11 is 0. The minimum atomic E-state index is -2.88. The number of nitrogens with zero attached hydrogens (tertiary/aromatic N) is 1. The highest BCUT2D eigenvalue weighted by molar-refractivity contribution is 7.91. The van der Waals surface area contributed by atoms with Crippen LogP contribution >= 0.6 is 12.4 Å². The smallest absolute Gasteiger partial charge is 0.236 e. The molecule has 1 aromatic carbocycles. The van der Waals surface area contributed by atoms with Gasteiger partial charge in [0, 0.05) is 13.1 Å². The molecule has 120 valence electrons. The van der Waals surface area contributed by atoms with Crippen LogP contribution in [0.4, 0.5) is 0 Å². The molecule has 1 N–H and O–H groups in total. The van der Waals surface area contributed by atoms with Gasteiger partial charge in [0.1, 0.15) is 0 Å². The first kappa shape index (κ1) is 19.9. The van der Waals surface area contributed by atoms with Crippen molar-refractivity contribution in [3.05, 3.63) is 36.4 Å². The molecule has 1 heterocycles. The summed E-state index contributed by atoms with van der Waals surface area (Å²) in [5.41, 5.74) is 0. The van der Waals surface area contributed by atoms with Gasteiger partial charge in [0.15, 0.2) is 9.84 Å². The molecular formula is C14H23ClN2O3S. The maximum atomic E-state index is 11.4. The van der Waals surface area contributed by atoms with Crippen molar-refractivity contribution >= 4 is 28.2 Å². The monoisotopic (exact) mass is 334 g/mol. The van der Waals surface area contributed by atoms with Gasteiger partial charge in [-0.05, 0) is 6.54 Å². The van der Waals surface area contributed by atoms with Crippen LogP contribution in [0.25, 0.3) is 0 Å². The first-order valence-corrected chi connectivity index (χ1v) is 8.56. The summed E-state index contributed by atoms with van der Waals surface area (Å²) in [6.45, 7) is 3.65. The van der Waals surface area contributed by atoms with Crippen LogP contribution in [0.3, 0.4) is 0 Å². The number of hydrogen-bond donors (Lipinski definition) is 1. The van der Waals surface area contributed by atoms with Crippen LogP contribution in [0, 0.1) is 0 Å².